The number of hydrogen-bond donors (Lipinski definition) is 0. The molecule has 0 saturated carbocycles. The van der Waals surface area contributed by atoms with Gasteiger partial charge in [0.2, 0.25) is 5.88 Å². The summed E-state index contributed by atoms with van der Waals surface area (Å²) in [5.41, 5.74) is 0. The molecule has 0 unspecified atom stereocenters. The van der Waals surface area contributed by atoms with E-state index >= 15 is 0 Å². The maximum atomic E-state index is 5.67. The molecular formula is C9H13ClN2O. The summed E-state index contributed by atoms with van der Waals surface area (Å²) >= 11 is 5.67. The van der Waals surface area contributed by atoms with Crippen molar-refractivity contribution in [3.8, 4) is 5.88 Å². The molecule has 0 N–H and O–H groups in total. The normalized spacial score (nSPS) is 10.5. The molecule has 1 rings (SSSR count). The first-order valence-electron chi connectivity index (χ1n) is 4.07. The first kappa shape index (κ1) is 10.3. The molecule has 0 aliphatic heterocycles. The van der Waals surface area contributed by atoms with Crippen molar-refractivity contribution in [3.63, 3.8) is 0 Å². The molecule has 0 atom stereocenters. The summed E-state index contributed by atoms with van der Waals surface area (Å²) in [6.45, 7) is 1.52. The largest absolute Gasteiger partial charge is 0.476 e. The Kier molecular flexibility index (Phi) is 3.99. The highest BCUT2D eigenvalue weighted by molar-refractivity contribution is 6.30. The van der Waals surface area contributed by atoms with Crippen molar-refractivity contribution in [2.75, 3.05) is 27.2 Å². The lowest BCUT2D eigenvalue weighted by Gasteiger charge is -2.09. The van der Waals surface area contributed by atoms with Gasteiger partial charge in [0.25, 0.3) is 0 Å². The van der Waals surface area contributed by atoms with E-state index in [9.17, 15) is 0 Å². The van der Waals surface area contributed by atoms with E-state index in [1.165, 1.54) is 0 Å². The third kappa shape index (κ3) is 4.10. The van der Waals surface area contributed by atoms with Gasteiger partial charge in [0.15, 0.2) is 0 Å². The van der Waals surface area contributed by atoms with E-state index in [1.807, 2.05) is 14.1 Å². The smallest absolute Gasteiger partial charge is 0.213 e. The zero-order chi connectivity index (χ0) is 9.68. The Morgan fingerprint density at radius 1 is 1.46 bits per heavy atom. The van der Waals surface area contributed by atoms with Gasteiger partial charge in [0, 0.05) is 18.8 Å². The number of ether oxygens (including phenoxy) is 1. The molecule has 72 valence electrons. The summed E-state index contributed by atoms with van der Waals surface area (Å²) in [6, 6.07) is 3.53. The van der Waals surface area contributed by atoms with E-state index in [0.29, 0.717) is 17.5 Å². The van der Waals surface area contributed by atoms with Gasteiger partial charge in [-0.25, -0.2) is 4.98 Å². The van der Waals surface area contributed by atoms with Gasteiger partial charge in [-0.1, -0.05) is 11.6 Å². The summed E-state index contributed by atoms with van der Waals surface area (Å²) in [6.07, 6.45) is 1.58. The molecule has 4 heteroatoms. The van der Waals surface area contributed by atoms with Crippen LogP contribution in [0.2, 0.25) is 5.02 Å². The maximum absolute atomic E-state index is 5.67. The van der Waals surface area contributed by atoms with Crippen LogP contribution >= 0.6 is 11.6 Å². The highest BCUT2D eigenvalue weighted by Crippen LogP contribution is 2.10. The van der Waals surface area contributed by atoms with E-state index < -0.39 is 0 Å². The van der Waals surface area contributed by atoms with Gasteiger partial charge >= 0.3 is 0 Å². The van der Waals surface area contributed by atoms with Crippen molar-refractivity contribution < 1.29 is 4.74 Å². The number of nitrogens with zero attached hydrogens (tertiary/aromatic N) is 2. The lowest BCUT2D eigenvalue weighted by molar-refractivity contribution is 0.254. The molecular weight excluding hydrogens is 188 g/mol. The number of rotatable bonds is 4. The molecule has 3 nitrogen and oxygen atoms in total. The zero-order valence-corrected chi connectivity index (χ0v) is 8.58. The topological polar surface area (TPSA) is 25.4 Å². The second kappa shape index (κ2) is 5.04. The summed E-state index contributed by atoms with van der Waals surface area (Å²) < 4.78 is 5.36. The number of likely N-dealkylation sites (N-methyl/N-ethyl adjacent to an activating group) is 1. The number of hydrogen-bond acceptors (Lipinski definition) is 3. The molecule has 0 aromatic carbocycles. The molecule has 1 heterocycles. The number of pyridine rings is 1. The predicted octanol–water partition coefficient (Wildman–Crippen LogP) is 1.68. The van der Waals surface area contributed by atoms with Crippen LogP contribution in [0.3, 0.4) is 0 Å². The molecule has 1 aromatic heterocycles. The van der Waals surface area contributed by atoms with Crippen molar-refractivity contribution in [1.82, 2.24) is 9.88 Å². The molecule has 0 radical (unpaired) electrons. The van der Waals surface area contributed by atoms with Gasteiger partial charge in [0.1, 0.15) is 6.61 Å². The molecule has 13 heavy (non-hydrogen) atoms. The van der Waals surface area contributed by atoms with Gasteiger partial charge in [-0.3, -0.25) is 0 Å². The Hall–Kier alpha value is -0.800. The van der Waals surface area contributed by atoms with Gasteiger partial charge < -0.3 is 9.64 Å². The minimum Gasteiger partial charge on any atom is -0.476 e. The second-order valence-corrected chi connectivity index (χ2v) is 3.40. The summed E-state index contributed by atoms with van der Waals surface area (Å²) in [5.74, 6) is 0.617. The van der Waals surface area contributed by atoms with E-state index in [1.54, 1.807) is 18.3 Å². The van der Waals surface area contributed by atoms with Crippen LogP contribution in [0.4, 0.5) is 0 Å². The molecule has 0 aliphatic carbocycles. The van der Waals surface area contributed by atoms with E-state index in [-0.39, 0.29) is 0 Å². The molecule has 0 spiro atoms. The fourth-order valence-electron chi connectivity index (χ4n) is 0.780. The molecule has 0 saturated heterocycles. The average Bonchev–Trinajstić information content (AvgIpc) is 2.08. The minimum atomic E-state index is 0.617. The Morgan fingerprint density at radius 2 is 2.23 bits per heavy atom. The minimum absolute atomic E-state index is 0.617. The Bertz CT molecular complexity index is 248. The molecule has 0 fully saturated rings. The van der Waals surface area contributed by atoms with Crippen LogP contribution in [-0.4, -0.2) is 37.1 Å². The molecule has 1 aromatic rings. The molecule has 0 bridgehead atoms. The van der Waals surface area contributed by atoms with Crippen LogP contribution in [0.1, 0.15) is 0 Å². The van der Waals surface area contributed by atoms with Crippen molar-refractivity contribution in [2.45, 2.75) is 0 Å². The van der Waals surface area contributed by atoms with Crippen LogP contribution in [0.25, 0.3) is 0 Å². The van der Waals surface area contributed by atoms with E-state index in [4.69, 9.17) is 16.3 Å². The zero-order valence-electron chi connectivity index (χ0n) is 7.83. The summed E-state index contributed by atoms with van der Waals surface area (Å²) in [4.78, 5) is 6.05. The van der Waals surface area contributed by atoms with E-state index in [2.05, 4.69) is 9.88 Å². The third-order valence-corrected chi connectivity index (χ3v) is 1.71. The van der Waals surface area contributed by atoms with Crippen molar-refractivity contribution in [1.29, 1.82) is 0 Å². The van der Waals surface area contributed by atoms with Crippen LogP contribution < -0.4 is 4.74 Å². The number of aromatic nitrogens is 1. The van der Waals surface area contributed by atoms with Gasteiger partial charge in [-0.15, -0.1) is 0 Å². The highest BCUT2D eigenvalue weighted by atomic mass is 35.5. The molecule has 0 amide bonds. The lowest BCUT2D eigenvalue weighted by atomic mass is 10.5. The van der Waals surface area contributed by atoms with Gasteiger partial charge in [-0.05, 0) is 20.2 Å². The van der Waals surface area contributed by atoms with Crippen molar-refractivity contribution in [3.05, 3.63) is 23.4 Å². The fourth-order valence-corrected chi connectivity index (χ4v) is 0.892. The summed E-state index contributed by atoms with van der Waals surface area (Å²) in [5, 5.41) is 0.625. The Morgan fingerprint density at radius 3 is 2.77 bits per heavy atom. The Labute approximate surface area is 83.3 Å². The van der Waals surface area contributed by atoms with Crippen LogP contribution in [-0.2, 0) is 0 Å². The van der Waals surface area contributed by atoms with Gasteiger partial charge in [-0.2, -0.15) is 0 Å². The first-order valence-corrected chi connectivity index (χ1v) is 4.45. The fraction of sp³-hybridized carbons (Fsp3) is 0.444. The van der Waals surface area contributed by atoms with Gasteiger partial charge in [0.05, 0.1) is 5.02 Å². The Balaban J connectivity index is 2.33. The monoisotopic (exact) mass is 200 g/mol. The van der Waals surface area contributed by atoms with Crippen LogP contribution in [0, 0.1) is 0 Å². The molecule has 0 aliphatic rings. The first-order chi connectivity index (χ1) is 6.18. The van der Waals surface area contributed by atoms with Crippen LogP contribution in [0.5, 0.6) is 5.88 Å². The van der Waals surface area contributed by atoms with Crippen molar-refractivity contribution >= 4 is 11.6 Å². The second-order valence-electron chi connectivity index (χ2n) is 2.97. The quantitative estimate of drug-likeness (QED) is 0.740. The van der Waals surface area contributed by atoms with Crippen LogP contribution in [0.15, 0.2) is 18.3 Å². The SMILES string of the molecule is CN(C)CCOc1ccc(Cl)cn1. The summed E-state index contributed by atoms with van der Waals surface area (Å²) in [7, 11) is 4.00. The third-order valence-electron chi connectivity index (χ3n) is 1.49. The van der Waals surface area contributed by atoms with Crippen molar-refractivity contribution in [2.24, 2.45) is 0 Å². The average molecular weight is 201 g/mol. The van der Waals surface area contributed by atoms with E-state index in [0.717, 1.165) is 6.54 Å². The lowest BCUT2D eigenvalue weighted by Crippen LogP contribution is -2.19. The highest BCUT2D eigenvalue weighted by Gasteiger charge is 1.95. The maximum Gasteiger partial charge on any atom is 0.213 e. The predicted molar refractivity (Wildman–Crippen MR) is 53.3 cm³/mol. The number of halogens is 1. The standard InChI is InChI=1S/C9H13ClN2O/c1-12(2)5-6-13-9-4-3-8(10)7-11-9/h3-4,7H,5-6H2,1-2H3.